The van der Waals surface area contributed by atoms with Crippen molar-refractivity contribution in [1.29, 1.82) is 0 Å². The zero-order valence-electron chi connectivity index (χ0n) is 16.3. The minimum absolute atomic E-state index is 0.159. The number of rotatable bonds is 9. The van der Waals surface area contributed by atoms with Gasteiger partial charge in [-0.2, -0.15) is 5.10 Å². The van der Waals surface area contributed by atoms with Gasteiger partial charge in [0.15, 0.2) is 0 Å². The Morgan fingerprint density at radius 3 is 2.89 bits per heavy atom. The van der Waals surface area contributed by atoms with Crippen LogP contribution in [0.15, 0.2) is 40.4 Å². The van der Waals surface area contributed by atoms with E-state index in [9.17, 15) is 0 Å². The number of aliphatic hydroxyl groups is 1. The second-order valence-corrected chi connectivity index (χ2v) is 8.14. The van der Waals surface area contributed by atoms with E-state index in [0.29, 0.717) is 6.54 Å². The summed E-state index contributed by atoms with van der Waals surface area (Å²) in [6.45, 7) is 4.17. The van der Waals surface area contributed by atoms with E-state index in [2.05, 4.69) is 57.5 Å². The summed E-state index contributed by atoms with van der Waals surface area (Å²) in [5.74, 6) is 0. The molecule has 3 heterocycles. The fourth-order valence-corrected chi connectivity index (χ4v) is 4.56. The van der Waals surface area contributed by atoms with Crippen LogP contribution in [0.3, 0.4) is 0 Å². The summed E-state index contributed by atoms with van der Waals surface area (Å²) in [4.78, 5) is 8.84. The molecule has 0 radical (unpaired) electrons. The first-order valence-corrected chi connectivity index (χ1v) is 10.4. The topological polar surface area (TPSA) is 78.2 Å². The average Bonchev–Trinajstić information content (AvgIpc) is 3.07. The summed E-state index contributed by atoms with van der Waals surface area (Å²) in [6, 6.07) is 6.37. The second kappa shape index (κ2) is 8.48. The molecule has 1 aliphatic rings. The maximum absolute atomic E-state index is 8.89. The maximum Gasteiger partial charge on any atom is 0.103 e. The van der Waals surface area contributed by atoms with E-state index in [1.54, 1.807) is 11.8 Å². The zero-order chi connectivity index (χ0) is 19.5. The summed E-state index contributed by atoms with van der Waals surface area (Å²) in [6.07, 6.45) is 3.76. The first kappa shape index (κ1) is 19.2. The van der Waals surface area contributed by atoms with E-state index in [1.807, 2.05) is 12.4 Å². The van der Waals surface area contributed by atoms with Crippen LogP contribution in [0.25, 0.3) is 22.2 Å². The van der Waals surface area contributed by atoms with Gasteiger partial charge in [0, 0.05) is 65.0 Å². The highest BCUT2D eigenvalue weighted by atomic mass is 32.2. The number of anilines is 1. The van der Waals surface area contributed by atoms with Crippen molar-refractivity contribution in [2.75, 3.05) is 52.2 Å². The number of aliphatic hydroxyl groups excluding tert-OH is 1. The Hall–Kier alpha value is -2.13. The molecule has 3 aromatic rings. The van der Waals surface area contributed by atoms with Gasteiger partial charge in [-0.3, -0.25) is 9.67 Å². The van der Waals surface area contributed by atoms with Crippen LogP contribution in [0.5, 0.6) is 0 Å². The molecule has 8 heteroatoms. The highest BCUT2D eigenvalue weighted by Crippen LogP contribution is 2.49. The van der Waals surface area contributed by atoms with Crippen LogP contribution in [0, 0.1) is 0 Å². The van der Waals surface area contributed by atoms with Gasteiger partial charge in [0.05, 0.1) is 18.7 Å². The molecule has 0 atom stereocenters. The molecule has 7 nitrogen and oxygen atoms in total. The van der Waals surface area contributed by atoms with Crippen LogP contribution < -0.4 is 10.6 Å². The third kappa shape index (κ3) is 3.73. The van der Waals surface area contributed by atoms with Crippen molar-refractivity contribution in [3.05, 3.63) is 30.6 Å². The lowest BCUT2D eigenvalue weighted by atomic mass is 10.1. The third-order valence-corrected chi connectivity index (χ3v) is 5.96. The summed E-state index contributed by atoms with van der Waals surface area (Å²) in [5.41, 5.74) is 4.49. The molecule has 4 rings (SSSR count). The molecular weight excluding hydrogens is 372 g/mol. The molecule has 1 aromatic carbocycles. The van der Waals surface area contributed by atoms with Crippen molar-refractivity contribution < 1.29 is 5.11 Å². The zero-order valence-corrected chi connectivity index (χ0v) is 17.1. The van der Waals surface area contributed by atoms with Gasteiger partial charge in [0.2, 0.25) is 0 Å². The minimum Gasteiger partial charge on any atom is -0.395 e. The number of pyridine rings is 1. The van der Waals surface area contributed by atoms with E-state index < -0.39 is 0 Å². The molecule has 0 saturated heterocycles. The SMILES string of the molecule is CN(C)CCn1nc2c3c(c(NCCNCCO)ccc31)Sc1cnccc1-2. The largest absolute Gasteiger partial charge is 0.395 e. The molecule has 2 aromatic heterocycles. The molecule has 0 aliphatic carbocycles. The van der Waals surface area contributed by atoms with Crippen LogP contribution in [-0.4, -0.2) is 71.7 Å². The number of nitrogens with zero attached hydrogens (tertiary/aromatic N) is 4. The molecule has 0 saturated carbocycles. The monoisotopic (exact) mass is 398 g/mol. The molecule has 148 valence electrons. The number of hydrogen-bond acceptors (Lipinski definition) is 7. The Bertz CT molecular complexity index is 971. The third-order valence-electron chi connectivity index (χ3n) is 4.79. The Balaban J connectivity index is 1.71. The molecule has 1 aliphatic heterocycles. The number of fused-ring (bicyclic) bond motifs is 2. The molecule has 0 fully saturated rings. The molecule has 0 amide bonds. The van der Waals surface area contributed by atoms with Crippen molar-refractivity contribution in [3.63, 3.8) is 0 Å². The molecule has 0 unspecified atom stereocenters. The van der Waals surface area contributed by atoms with E-state index in [-0.39, 0.29) is 6.61 Å². The summed E-state index contributed by atoms with van der Waals surface area (Å²) in [7, 11) is 4.17. The standard InChI is InChI=1S/C20H26N6OS/c1-25(2)10-11-26-16-4-3-15(23-8-7-21-9-12-27)20-18(16)19(24-26)14-5-6-22-13-17(14)28-20/h3-6,13,21,23,27H,7-12H2,1-2H3. The Morgan fingerprint density at radius 1 is 1.18 bits per heavy atom. The van der Waals surface area contributed by atoms with E-state index in [4.69, 9.17) is 10.2 Å². The van der Waals surface area contributed by atoms with Crippen molar-refractivity contribution in [2.45, 2.75) is 16.3 Å². The Morgan fingerprint density at radius 2 is 2.07 bits per heavy atom. The van der Waals surface area contributed by atoms with Crippen LogP contribution in [-0.2, 0) is 6.54 Å². The first-order valence-electron chi connectivity index (χ1n) is 9.55. The predicted molar refractivity (Wildman–Crippen MR) is 114 cm³/mol. The van der Waals surface area contributed by atoms with Crippen molar-refractivity contribution in [2.24, 2.45) is 0 Å². The minimum atomic E-state index is 0.159. The lowest BCUT2D eigenvalue weighted by Crippen LogP contribution is -2.25. The van der Waals surface area contributed by atoms with Gasteiger partial charge < -0.3 is 20.6 Å². The highest BCUT2D eigenvalue weighted by molar-refractivity contribution is 8.00. The van der Waals surface area contributed by atoms with Gasteiger partial charge in [0.25, 0.3) is 0 Å². The quantitative estimate of drug-likeness (QED) is 0.373. The molecule has 28 heavy (non-hydrogen) atoms. The normalized spacial score (nSPS) is 12.6. The van der Waals surface area contributed by atoms with Crippen molar-refractivity contribution >= 4 is 28.4 Å². The van der Waals surface area contributed by atoms with Crippen LogP contribution >= 0.6 is 11.8 Å². The van der Waals surface area contributed by atoms with Gasteiger partial charge in [0.1, 0.15) is 5.69 Å². The van der Waals surface area contributed by atoms with Gasteiger partial charge >= 0.3 is 0 Å². The van der Waals surface area contributed by atoms with Gasteiger partial charge in [-0.25, -0.2) is 0 Å². The molecular formula is C20H26N6OS. The van der Waals surface area contributed by atoms with Crippen molar-refractivity contribution in [3.8, 4) is 11.3 Å². The summed E-state index contributed by atoms with van der Waals surface area (Å²) < 4.78 is 2.12. The fraction of sp³-hybridized carbons (Fsp3) is 0.400. The molecule has 0 spiro atoms. The predicted octanol–water partition coefficient (Wildman–Crippen LogP) is 2.12. The fourth-order valence-electron chi connectivity index (χ4n) is 3.40. The number of hydrogen-bond donors (Lipinski definition) is 3. The highest BCUT2D eigenvalue weighted by Gasteiger charge is 2.26. The first-order chi connectivity index (χ1) is 13.7. The second-order valence-electron chi connectivity index (χ2n) is 7.09. The van der Waals surface area contributed by atoms with Crippen molar-refractivity contribution in [1.82, 2.24) is 25.0 Å². The molecule has 0 bridgehead atoms. The number of likely N-dealkylation sites (N-methyl/N-ethyl adjacent to an activating group) is 1. The Labute approximate surface area is 169 Å². The molecule has 3 N–H and O–H groups in total. The van der Waals surface area contributed by atoms with Gasteiger partial charge in [-0.1, -0.05) is 11.8 Å². The van der Waals surface area contributed by atoms with Crippen LogP contribution in [0.2, 0.25) is 0 Å². The number of aromatic nitrogens is 3. The smallest absolute Gasteiger partial charge is 0.103 e. The lowest BCUT2D eigenvalue weighted by Gasteiger charge is -2.18. The maximum atomic E-state index is 8.89. The Kier molecular flexibility index (Phi) is 5.82. The van der Waals surface area contributed by atoms with Crippen LogP contribution in [0.4, 0.5) is 5.69 Å². The number of nitrogens with one attached hydrogen (secondary N) is 2. The number of benzene rings is 1. The average molecular weight is 399 g/mol. The summed E-state index contributed by atoms with van der Waals surface area (Å²) >= 11 is 1.76. The lowest BCUT2D eigenvalue weighted by molar-refractivity contribution is 0.293. The summed E-state index contributed by atoms with van der Waals surface area (Å²) in [5, 5.41) is 21.8. The van der Waals surface area contributed by atoms with E-state index in [0.717, 1.165) is 48.0 Å². The van der Waals surface area contributed by atoms with Crippen LogP contribution in [0.1, 0.15) is 0 Å². The van der Waals surface area contributed by atoms with E-state index in [1.165, 1.54) is 15.8 Å². The van der Waals surface area contributed by atoms with Gasteiger partial charge in [-0.05, 0) is 32.3 Å². The van der Waals surface area contributed by atoms with Gasteiger partial charge in [-0.15, -0.1) is 0 Å². The van der Waals surface area contributed by atoms with E-state index >= 15 is 0 Å².